The van der Waals surface area contributed by atoms with Crippen molar-refractivity contribution in [3.8, 4) is 5.75 Å². The van der Waals surface area contributed by atoms with Gasteiger partial charge in [0.25, 0.3) is 0 Å². The quantitative estimate of drug-likeness (QED) is 0.881. The van der Waals surface area contributed by atoms with Crippen LogP contribution in [-0.2, 0) is 0 Å². The molecule has 0 saturated carbocycles. The first-order valence-electron chi connectivity index (χ1n) is 5.57. The third-order valence-corrected chi connectivity index (χ3v) is 3.25. The van der Waals surface area contributed by atoms with Crippen molar-refractivity contribution in [2.24, 2.45) is 0 Å². The van der Waals surface area contributed by atoms with Crippen molar-refractivity contribution in [1.82, 2.24) is 4.98 Å². The zero-order valence-electron chi connectivity index (χ0n) is 9.92. The van der Waals surface area contributed by atoms with Gasteiger partial charge in [0.05, 0.1) is 5.69 Å². The molecule has 1 aromatic heterocycles. The number of hydrogen-bond donors (Lipinski definition) is 1. The van der Waals surface area contributed by atoms with Crippen molar-refractivity contribution in [3.63, 3.8) is 0 Å². The maximum Gasteiger partial charge on any atom is 0.116 e. The highest BCUT2D eigenvalue weighted by atomic mass is 32.1. The second-order valence-corrected chi connectivity index (χ2v) is 5.08. The highest BCUT2D eigenvalue weighted by molar-refractivity contribution is 7.10. The van der Waals surface area contributed by atoms with Crippen molar-refractivity contribution in [2.45, 2.75) is 19.8 Å². The van der Waals surface area contributed by atoms with Gasteiger partial charge < -0.3 is 5.11 Å². The van der Waals surface area contributed by atoms with Gasteiger partial charge in [-0.2, -0.15) is 0 Å². The first-order chi connectivity index (χ1) is 8.15. The highest BCUT2D eigenvalue weighted by Gasteiger charge is 2.02. The lowest BCUT2D eigenvalue weighted by atomic mass is 10.2. The molecular formula is C14H15NOS. The fourth-order valence-electron chi connectivity index (χ4n) is 1.44. The monoisotopic (exact) mass is 245 g/mol. The summed E-state index contributed by atoms with van der Waals surface area (Å²) in [6, 6.07) is 7.18. The van der Waals surface area contributed by atoms with E-state index in [-0.39, 0.29) is 5.75 Å². The number of phenolic OH excluding ortho intramolecular Hbond substituents is 1. The van der Waals surface area contributed by atoms with Crippen molar-refractivity contribution < 1.29 is 5.11 Å². The van der Waals surface area contributed by atoms with Gasteiger partial charge in [0.2, 0.25) is 0 Å². The summed E-state index contributed by atoms with van der Waals surface area (Å²) in [4.78, 5) is 4.52. The van der Waals surface area contributed by atoms with E-state index < -0.39 is 0 Å². The second kappa shape index (κ2) is 5.15. The van der Waals surface area contributed by atoms with E-state index in [9.17, 15) is 5.11 Å². The molecule has 2 nitrogen and oxygen atoms in total. The summed E-state index contributed by atoms with van der Waals surface area (Å²) in [5.74, 6) is 0.753. The van der Waals surface area contributed by atoms with Gasteiger partial charge in [-0.25, -0.2) is 4.98 Å². The second-order valence-electron chi connectivity index (χ2n) is 4.19. The number of benzene rings is 1. The normalized spacial score (nSPS) is 11.5. The Balaban J connectivity index is 2.14. The van der Waals surface area contributed by atoms with Crippen LogP contribution in [0, 0.1) is 0 Å². The van der Waals surface area contributed by atoms with Gasteiger partial charge in [0.1, 0.15) is 10.8 Å². The molecule has 1 N–H and O–H groups in total. The largest absolute Gasteiger partial charge is 0.508 e. The van der Waals surface area contributed by atoms with E-state index in [1.807, 2.05) is 24.3 Å². The van der Waals surface area contributed by atoms with Crippen LogP contribution in [0.1, 0.15) is 36.0 Å². The first kappa shape index (κ1) is 11.9. The number of rotatable bonds is 3. The van der Waals surface area contributed by atoms with Crippen LogP contribution in [0.4, 0.5) is 0 Å². The lowest BCUT2D eigenvalue weighted by Gasteiger charge is -1.96. The number of aromatic hydroxyl groups is 1. The molecular weight excluding hydrogens is 230 g/mol. The van der Waals surface area contributed by atoms with Gasteiger partial charge in [-0.05, 0) is 29.7 Å². The van der Waals surface area contributed by atoms with Crippen LogP contribution in [0.15, 0.2) is 29.6 Å². The molecule has 0 amide bonds. The van der Waals surface area contributed by atoms with E-state index in [2.05, 4.69) is 24.2 Å². The Kier molecular flexibility index (Phi) is 3.59. The van der Waals surface area contributed by atoms with Gasteiger partial charge in [0.15, 0.2) is 0 Å². The third kappa shape index (κ3) is 3.17. The standard InChI is InChI=1S/C14H15NOS/c1-10(2)13-9-17-14(15-13)7-6-11-4-3-5-12(16)8-11/h3-10,16H,1-2H3/b7-6+. The van der Waals surface area contributed by atoms with Crippen LogP contribution in [0.2, 0.25) is 0 Å². The van der Waals surface area contributed by atoms with Crippen molar-refractivity contribution in [2.75, 3.05) is 0 Å². The number of nitrogens with zero attached hydrogens (tertiary/aromatic N) is 1. The molecule has 0 spiro atoms. The molecule has 3 heteroatoms. The van der Waals surface area contributed by atoms with Gasteiger partial charge in [-0.15, -0.1) is 11.3 Å². The van der Waals surface area contributed by atoms with Crippen LogP contribution in [0.25, 0.3) is 12.2 Å². The summed E-state index contributed by atoms with van der Waals surface area (Å²) in [5.41, 5.74) is 2.11. The summed E-state index contributed by atoms with van der Waals surface area (Å²) in [6.45, 7) is 4.27. The Labute approximate surface area is 105 Å². The molecule has 0 aliphatic carbocycles. The highest BCUT2D eigenvalue weighted by Crippen LogP contribution is 2.20. The van der Waals surface area contributed by atoms with Crippen molar-refractivity contribution in [1.29, 1.82) is 0 Å². The molecule has 0 atom stereocenters. The average molecular weight is 245 g/mol. The van der Waals surface area contributed by atoms with Gasteiger partial charge >= 0.3 is 0 Å². The molecule has 1 heterocycles. The molecule has 0 aliphatic rings. The lowest BCUT2D eigenvalue weighted by Crippen LogP contribution is -1.85. The van der Waals surface area contributed by atoms with E-state index >= 15 is 0 Å². The molecule has 2 aromatic rings. The minimum Gasteiger partial charge on any atom is -0.508 e. The summed E-state index contributed by atoms with van der Waals surface area (Å²) in [5, 5.41) is 12.4. The minimum absolute atomic E-state index is 0.286. The van der Waals surface area contributed by atoms with Gasteiger partial charge in [-0.1, -0.05) is 32.1 Å². The zero-order valence-corrected chi connectivity index (χ0v) is 10.7. The molecule has 88 valence electrons. The Morgan fingerprint density at radius 2 is 2.12 bits per heavy atom. The smallest absolute Gasteiger partial charge is 0.116 e. The van der Waals surface area contributed by atoms with Crippen LogP contribution in [0.5, 0.6) is 5.75 Å². The van der Waals surface area contributed by atoms with Crippen LogP contribution < -0.4 is 0 Å². The fraction of sp³-hybridized carbons (Fsp3) is 0.214. The predicted molar refractivity (Wildman–Crippen MR) is 73.2 cm³/mol. The SMILES string of the molecule is CC(C)c1csc(/C=C/c2cccc(O)c2)n1. The van der Waals surface area contributed by atoms with Crippen LogP contribution >= 0.6 is 11.3 Å². The molecule has 0 unspecified atom stereocenters. The van der Waals surface area contributed by atoms with Crippen LogP contribution in [0.3, 0.4) is 0 Å². The summed E-state index contributed by atoms with van der Waals surface area (Å²) in [7, 11) is 0. The third-order valence-electron chi connectivity index (χ3n) is 2.42. The fourth-order valence-corrected chi connectivity index (χ4v) is 2.31. The zero-order chi connectivity index (χ0) is 12.3. The van der Waals surface area contributed by atoms with E-state index in [0.717, 1.165) is 16.3 Å². The average Bonchev–Trinajstić information content (AvgIpc) is 2.75. The van der Waals surface area contributed by atoms with Crippen molar-refractivity contribution >= 4 is 23.5 Å². The topological polar surface area (TPSA) is 33.1 Å². The van der Waals surface area contributed by atoms with Crippen LogP contribution in [-0.4, -0.2) is 10.1 Å². The molecule has 17 heavy (non-hydrogen) atoms. The molecule has 0 radical (unpaired) electrons. The molecule has 0 fully saturated rings. The minimum atomic E-state index is 0.286. The summed E-state index contributed by atoms with van der Waals surface area (Å²) in [6.07, 6.45) is 3.94. The van der Waals surface area contributed by atoms with Crippen molar-refractivity contribution in [3.05, 3.63) is 45.9 Å². The summed E-state index contributed by atoms with van der Waals surface area (Å²) < 4.78 is 0. The van der Waals surface area contributed by atoms with E-state index in [4.69, 9.17) is 0 Å². The number of phenols is 1. The molecule has 0 saturated heterocycles. The Hall–Kier alpha value is -1.61. The van der Waals surface area contributed by atoms with E-state index in [1.54, 1.807) is 23.5 Å². The first-order valence-corrected chi connectivity index (χ1v) is 6.45. The number of hydrogen-bond acceptors (Lipinski definition) is 3. The molecule has 1 aromatic carbocycles. The molecule has 2 rings (SSSR count). The Morgan fingerprint density at radius 1 is 1.29 bits per heavy atom. The Bertz CT molecular complexity index is 529. The number of aromatic nitrogens is 1. The Morgan fingerprint density at radius 3 is 2.76 bits per heavy atom. The summed E-state index contributed by atoms with van der Waals surface area (Å²) >= 11 is 1.64. The maximum absolute atomic E-state index is 9.34. The van der Waals surface area contributed by atoms with E-state index in [1.165, 1.54) is 0 Å². The van der Waals surface area contributed by atoms with Gasteiger partial charge in [-0.3, -0.25) is 0 Å². The number of thiazole rings is 1. The van der Waals surface area contributed by atoms with Gasteiger partial charge in [0, 0.05) is 5.38 Å². The molecule has 0 aliphatic heterocycles. The lowest BCUT2D eigenvalue weighted by molar-refractivity contribution is 0.475. The maximum atomic E-state index is 9.34. The predicted octanol–water partition coefficient (Wildman–Crippen LogP) is 4.14. The molecule has 0 bridgehead atoms. The van der Waals surface area contributed by atoms with E-state index in [0.29, 0.717) is 5.92 Å².